The first kappa shape index (κ1) is 46.6. The maximum atomic E-state index is 12.1. The second kappa shape index (κ2) is 41.7. The van der Waals surface area contributed by atoms with Crippen LogP contribution < -0.4 is 0 Å². The smallest absolute Gasteiger partial charge is 0.310 e. The van der Waals surface area contributed by atoms with Gasteiger partial charge in [-0.2, -0.15) is 0 Å². The van der Waals surface area contributed by atoms with E-state index in [0.29, 0.717) is 6.61 Å². The number of ether oxygens (including phenoxy) is 2. The van der Waals surface area contributed by atoms with Crippen molar-refractivity contribution in [2.75, 3.05) is 19.8 Å². The van der Waals surface area contributed by atoms with E-state index >= 15 is 0 Å². The van der Waals surface area contributed by atoms with Gasteiger partial charge in [-0.25, -0.2) is 0 Å². The van der Waals surface area contributed by atoms with Crippen molar-refractivity contribution >= 4 is 5.97 Å². The molecule has 1 atom stereocenters. The number of aliphatic hydroxyl groups excluding tert-OH is 1. The quantitative estimate of drug-likeness (QED) is 0.0406. The van der Waals surface area contributed by atoms with E-state index < -0.39 is 6.10 Å². The maximum Gasteiger partial charge on any atom is 0.310 e. The number of rotatable bonds is 36. The van der Waals surface area contributed by atoms with E-state index in [-0.39, 0.29) is 25.6 Å². The van der Waals surface area contributed by atoms with Crippen molar-refractivity contribution in [2.45, 2.75) is 174 Å². The fourth-order valence-corrected chi connectivity index (χ4v) is 5.26. The molecule has 0 aromatic rings. The van der Waals surface area contributed by atoms with E-state index in [1.165, 1.54) is 96.3 Å². The van der Waals surface area contributed by atoms with Gasteiger partial charge in [0, 0.05) is 6.61 Å². The molecule has 0 heterocycles. The highest BCUT2D eigenvalue weighted by Gasteiger charge is 2.12. The highest BCUT2D eigenvalue weighted by molar-refractivity contribution is 5.71. The van der Waals surface area contributed by atoms with Crippen LogP contribution in [0.1, 0.15) is 168 Å². The Bertz CT molecular complexity index is 892. The summed E-state index contributed by atoms with van der Waals surface area (Å²) in [6, 6.07) is 0. The second-order valence-corrected chi connectivity index (χ2v) is 13.0. The number of unbranched alkanes of at least 4 members (excludes halogenated alkanes) is 15. The van der Waals surface area contributed by atoms with Crippen molar-refractivity contribution in [2.24, 2.45) is 0 Å². The summed E-state index contributed by atoms with van der Waals surface area (Å²) in [7, 11) is 0. The average Bonchev–Trinajstić information content (AvgIpc) is 3.11. The zero-order valence-electron chi connectivity index (χ0n) is 31.9. The molecule has 0 aliphatic carbocycles. The van der Waals surface area contributed by atoms with Crippen LogP contribution in [0, 0.1) is 0 Å². The Kier molecular flexibility index (Phi) is 39.7. The van der Waals surface area contributed by atoms with Crippen molar-refractivity contribution in [3.63, 3.8) is 0 Å². The van der Waals surface area contributed by atoms with Crippen LogP contribution in [0.2, 0.25) is 0 Å². The van der Waals surface area contributed by atoms with Crippen LogP contribution in [0.15, 0.2) is 85.1 Å². The molecule has 0 radical (unpaired) electrons. The van der Waals surface area contributed by atoms with Crippen LogP contribution in [-0.4, -0.2) is 37.0 Å². The molecule has 1 N–H and O–H groups in total. The van der Waals surface area contributed by atoms with Gasteiger partial charge in [-0.1, -0.05) is 176 Å². The SMILES string of the molecule is CC/C=C\C/C=C\C/C=C\C/C=C\C/C=C\CC(=O)OC(CO)COCCCCCCCCCCCC/C=C\C/C=C\CCCCCCC. The molecule has 0 fully saturated rings. The summed E-state index contributed by atoms with van der Waals surface area (Å²) in [6.07, 6.45) is 58.0. The van der Waals surface area contributed by atoms with Crippen molar-refractivity contribution in [3.8, 4) is 0 Å². The lowest BCUT2D eigenvalue weighted by Crippen LogP contribution is -2.27. The summed E-state index contributed by atoms with van der Waals surface area (Å²) < 4.78 is 11.0. The molecule has 0 spiro atoms. The van der Waals surface area contributed by atoms with E-state index in [9.17, 15) is 9.90 Å². The zero-order chi connectivity index (χ0) is 35.6. The van der Waals surface area contributed by atoms with E-state index in [0.717, 1.165) is 51.4 Å². The van der Waals surface area contributed by atoms with Gasteiger partial charge in [0.15, 0.2) is 0 Å². The molecule has 4 heteroatoms. The third kappa shape index (κ3) is 39.9. The summed E-state index contributed by atoms with van der Waals surface area (Å²) in [5.41, 5.74) is 0. The van der Waals surface area contributed by atoms with Gasteiger partial charge in [0.1, 0.15) is 6.10 Å². The predicted molar refractivity (Wildman–Crippen MR) is 214 cm³/mol. The van der Waals surface area contributed by atoms with Gasteiger partial charge in [-0.3, -0.25) is 4.79 Å². The predicted octanol–water partition coefficient (Wildman–Crippen LogP) is 13.2. The third-order valence-corrected chi connectivity index (χ3v) is 8.24. The molecule has 0 aliphatic heterocycles. The topological polar surface area (TPSA) is 55.8 Å². The van der Waals surface area contributed by atoms with Gasteiger partial charge < -0.3 is 14.6 Å². The minimum Gasteiger partial charge on any atom is -0.457 e. The number of carbonyl (C=O) groups excluding carboxylic acids is 1. The molecule has 0 aromatic carbocycles. The molecule has 280 valence electrons. The minimum absolute atomic E-state index is 0.207. The van der Waals surface area contributed by atoms with E-state index in [1.54, 1.807) is 0 Å². The normalized spacial score (nSPS) is 13.3. The molecule has 0 bridgehead atoms. The lowest BCUT2D eigenvalue weighted by atomic mass is 10.1. The lowest BCUT2D eigenvalue weighted by Gasteiger charge is -2.15. The van der Waals surface area contributed by atoms with E-state index in [2.05, 4.69) is 86.8 Å². The Morgan fingerprint density at radius 1 is 0.510 bits per heavy atom. The molecule has 0 amide bonds. The Labute approximate surface area is 303 Å². The third-order valence-electron chi connectivity index (χ3n) is 8.24. The van der Waals surface area contributed by atoms with Gasteiger partial charge in [0.25, 0.3) is 0 Å². The summed E-state index contributed by atoms with van der Waals surface area (Å²) in [5, 5.41) is 9.56. The summed E-state index contributed by atoms with van der Waals surface area (Å²) in [6.45, 7) is 5.10. The lowest BCUT2D eigenvalue weighted by molar-refractivity contribution is -0.153. The monoisotopic (exact) mass is 681 g/mol. The number of allylic oxidation sites excluding steroid dienone is 13. The Balaban J connectivity index is 3.55. The summed E-state index contributed by atoms with van der Waals surface area (Å²) >= 11 is 0. The minimum atomic E-state index is -0.594. The van der Waals surface area contributed by atoms with E-state index in [1.807, 2.05) is 12.2 Å². The van der Waals surface area contributed by atoms with E-state index in [4.69, 9.17) is 9.47 Å². The van der Waals surface area contributed by atoms with Crippen LogP contribution in [0.4, 0.5) is 0 Å². The standard InChI is InChI=1S/C45H76O4/c1-3-5-7-9-11-13-15-17-19-20-21-22-23-24-25-27-29-31-33-35-37-39-41-48-43-44(42-46)49-45(47)40-38-36-34-32-30-28-26-18-16-14-12-10-8-6-4-2/h6,8,12,14-15,17-18,20-21,26,30,32,36,38,44,46H,3-5,7,9-11,13,16,19,22-25,27-29,31,33-35,37,39-43H2,1-2H3/b8-6-,14-12-,17-15-,21-20-,26-18-,32-30-,38-36-. The first-order chi connectivity index (χ1) is 24.2. The second-order valence-electron chi connectivity index (χ2n) is 13.0. The van der Waals surface area contributed by atoms with Crippen molar-refractivity contribution < 1.29 is 19.4 Å². The number of esters is 1. The molecule has 0 saturated carbocycles. The molecule has 0 rings (SSSR count). The highest BCUT2D eigenvalue weighted by atomic mass is 16.6. The first-order valence-corrected chi connectivity index (χ1v) is 20.2. The fraction of sp³-hybridized carbons (Fsp3) is 0.667. The number of hydrogen-bond acceptors (Lipinski definition) is 4. The van der Waals surface area contributed by atoms with Crippen LogP contribution in [0.25, 0.3) is 0 Å². The molecule has 0 aliphatic rings. The molecule has 0 aromatic heterocycles. The Morgan fingerprint density at radius 2 is 0.918 bits per heavy atom. The highest BCUT2D eigenvalue weighted by Crippen LogP contribution is 2.12. The fourth-order valence-electron chi connectivity index (χ4n) is 5.26. The number of hydrogen-bond donors (Lipinski definition) is 1. The molecule has 49 heavy (non-hydrogen) atoms. The van der Waals surface area contributed by atoms with Crippen LogP contribution in [0.5, 0.6) is 0 Å². The van der Waals surface area contributed by atoms with Crippen molar-refractivity contribution in [1.29, 1.82) is 0 Å². The molecule has 4 nitrogen and oxygen atoms in total. The van der Waals surface area contributed by atoms with Crippen LogP contribution in [0.3, 0.4) is 0 Å². The Hall–Kier alpha value is -2.43. The molecule has 1 unspecified atom stereocenters. The molecule has 0 saturated heterocycles. The van der Waals surface area contributed by atoms with Crippen molar-refractivity contribution in [1.82, 2.24) is 0 Å². The summed E-state index contributed by atoms with van der Waals surface area (Å²) in [4.78, 5) is 12.1. The molecular formula is C45H76O4. The molecular weight excluding hydrogens is 604 g/mol. The summed E-state index contributed by atoms with van der Waals surface area (Å²) in [5.74, 6) is -0.331. The average molecular weight is 681 g/mol. The largest absolute Gasteiger partial charge is 0.457 e. The van der Waals surface area contributed by atoms with Crippen LogP contribution in [-0.2, 0) is 14.3 Å². The van der Waals surface area contributed by atoms with Gasteiger partial charge in [-0.05, 0) is 70.6 Å². The van der Waals surface area contributed by atoms with Gasteiger partial charge in [0.05, 0.1) is 19.6 Å². The van der Waals surface area contributed by atoms with Gasteiger partial charge >= 0.3 is 5.97 Å². The van der Waals surface area contributed by atoms with Crippen molar-refractivity contribution in [3.05, 3.63) is 85.1 Å². The first-order valence-electron chi connectivity index (χ1n) is 20.2. The Morgan fingerprint density at radius 3 is 1.39 bits per heavy atom. The van der Waals surface area contributed by atoms with Gasteiger partial charge in [-0.15, -0.1) is 0 Å². The number of aliphatic hydroxyl groups is 1. The van der Waals surface area contributed by atoms with Gasteiger partial charge in [0.2, 0.25) is 0 Å². The van der Waals surface area contributed by atoms with Crippen LogP contribution >= 0.6 is 0 Å². The maximum absolute atomic E-state index is 12.1. The zero-order valence-corrected chi connectivity index (χ0v) is 31.9. The number of carbonyl (C=O) groups is 1.